The van der Waals surface area contributed by atoms with Crippen LogP contribution in [0.15, 0.2) is 77.9 Å². The van der Waals surface area contributed by atoms with Crippen molar-refractivity contribution in [1.29, 1.82) is 0 Å². The summed E-state index contributed by atoms with van der Waals surface area (Å²) in [7, 11) is 0. The number of carbonyl (C=O) groups is 2. The topological polar surface area (TPSA) is 89.0 Å². The minimum atomic E-state index is -0.410. The SMILES string of the molecule is CC(=O)Nc1ccc(OCC(=O)N/N=C\c2ccccc2OCc2ccc(Cl)cc2)cc1. The van der Waals surface area contributed by atoms with Crippen molar-refractivity contribution in [3.8, 4) is 11.5 Å². The van der Waals surface area contributed by atoms with E-state index in [1.165, 1.54) is 13.1 Å². The normalized spacial score (nSPS) is 10.6. The van der Waals surface area contributed by atoms with E-state index in [4.69, 9.17) is 21.1 Å². The molecule has 3 aromatic carbocycles. The van der Waals surface area contributed by atoms with Crippen LogP contribution in [0.25, 0.3) is 0 Å². The first-order valence-electron chi connectivity index (χ1n) is 9.78. The van der Waals surface area contributed by atoms with Crippen LogP contribution in [0.1, 0.15) is 18.1 Å². The van der Waals surface area contributed by atoms with Gasteiger partial charge in [0.2, 0.25) is 5.91 Å². The first-order chi connectivity index (χ1) is 15.5. The van der Waals surface area contributed by atoms with Crippen molar-refractivity contribution >= 4 is 35.3 Å². The molecule has 0 aliphatic heterocycles. The summed E-state index contributed by atoms with van der Waals surface area (Å²) < 4.78 is 11.3. The number of carbonyl (C=O) groups excluding carboxylic acids is 2. The summed E-state index contributed by atoms with van der Waals surface area (Å²) in [5.74, 6) is 0.565. The van der Waals surface area contributed by atoms with Crippen molar-refractivity contribution < 1.29 is 19.1 Å². The van der Waals surface area contributed by atoms with E-state index in [-0.39, 0.29) is 12.5 Å². The van der Waals surface area contributed by atoms with Gasteiger partial charge in [-0.05, 0) is 54.1 Å². The molecule has 0 spiro atoms. The summed E-state index contributed by atoms with van der Waals surface area (Å²) in [4.78, 5) is 23.0. The van der Waals surface area contributed by atoms with Gasteiger partial charge in [0.15, 0.2) is 6.61 Å². The van der Waals surface area contributed by atoms with Crippen LogP contribution in [-0.2, 0) is 16.2 Å². The Kier molecular flexibility index (Phi) is 8.22. The van der Waals surface area contributed by atoms with Crippen molar-refractivity contribution in [2.24, 2.45) is 5.10 Å². The fourth-order valence-electron chi connectivity index (χ4n) is 2.65. The van der Waals surface area contributed by atoms with Gasteiger partial charge >= 0.3 is 0 Å². The van der Waals surface area contributed by atoms with Crippen LogP contribution in [0.2, 0.25) is 5.02 Å². The van der Waals surface area contributed by atoms with Crippen molar-refractivity contribution in [1.82, 2.24) is 5.43 Å². The van der Waals surface area contributed by atoms with Crippen LogP contribution >= 0.6 is 11.6 Å². The van der Waals surface area contributed by atoms with Gasteiger partial charge in [-0.1, -0.05) is 35.9 Å². The Balaban J connectivity index is 1.48. The van der Waals surface area contributed by atoms with Gasteiger partial charge < -0.3 is 14.8 Å². The van der Waals surface area contributed by atoms with Gasteiger partial charge in [0, 0.05) is 23.2 Å². The van der Waals surface area contributed by atoms with Crippen LogP contribution in [0.4, 0.5) is 5.69 Å². The van der Waals surface area contributed by atoms with E-state index in [0.29, 0.717) is 28.8 Å². The van der Waals surface area contributed by atoms with Crippen LogP contribution in [0, 0.1) is 0 Å². The van der Waals surface area contributed by atoms with E-state index in [9.17, 15) is 9.59 Å². The number of hydrogen-bond acceptors (Lipinski definition) is 5. The minimum absolute atomic E-state index is 0.159. The lowest BCUT2D eigenvalue weighted by molar-refractivity contribution is -0.123. The van der Waals surface area contributed by atoms with E-state index in [2.05, 4.69) is 15.8 Å². The Morgan fingerprint density at radius 2 is 1.69 bits per heavy atom. The van der Waals surface area contributed by atoms with Crippen molar-refractivity contribution in [3.63, 3.8) is 0 Å². The number of nitrogens with zero attached hydrogens (tertiary/aromatic N) is 1. The second kappa shape index (κ2) is 11.5. The quantitative estimate of drug-likeness (QED) is 0.372. The molecule has 0 radical (unpaired) electrons. The van der Waals surface area contributed by atoms with Gasteiger partial charge in [0.05, 0.1) is 6.21 Å². The number of rotatable bonds is 9. The van der Waals surface area contributed by atoms with Gasteiger partial charge in [-0.25, -0.2) is 5.43 Å². The first kappa shape index (κ1) is 22.8. The molecule has 3 rings (SSSR count). The molecule has 0 saturated carbocycles. The molecule has 0 atom stereocenters. The third-order valence-corrected chi connectivity index (χ3v) is 4.42. The number of hydrogen-bond donors (Lipinski definition) is 2. The highest BCUT2D eigenvalue weighted by atomic mass is 35.5. The van der Waals surface area contributed by atoms with Gasteiger partial charge in [0.1, 0.15) is 18.1 Å². The fraction of sp³-hybridized carbons (Fsp3) is 0.125. The molecule has 8 heteroatoms. The monoisotopic (exact) mass is 451 g/mol. The highest BCUT2D eigenvalue weighted by Crippen LogP contribution is 2.19. The molecule has 32 heavy (non-hydrogen) atoms. The van der Waals surface area contributed by atoms with E-state index in [1.54, 1.807) is 24.3 Å². The molecule has 0 fully saturated rings. The van der Waals surface area contributed by atoms with Gasteiger partial charge in [0.25, 0.3) is 5.91 Å². The molecule has 0 saturated heterocycles. The van der Waals surface area contributed by atoms with Gasteiger partial charge in [-0.2, -0.15) is 5.10 Å². The molecule has 7 nitrogen and oxygen atoms in total. The van der Waals surface area contributed by atoms with Crippen LogP contribution < -0.4 is 20.2 Å². The molecular formula is C24H22ClN3O4. The second-order valence-corrected chi connectivity index (χ2v) is 7.18. The molecule has 2 N–H and O–H groups in total. The molecular weight excluding hydrogens is 430 g/mol. The molecule has 0 heterocycles. The zero-order valence-corrected chi connectivity index (χ0v) is 18.1. The summed E-state index contributed by atoms with van der Waals surface area (Å²) in [6.07, 6.45) is 1.51. The average molecular weight is 452 g/mol. The van der Waals surface area contributed by atoms with Crippen molar-refractivity contribution in [3.05, 3.63) is 88.9 Å². The van der Waals surface area contributed by atoms with E-state index in [1.807, 2.05) is 48.5 Å². The van der Waals surface area contributed by atoms with E-state index in [0.717, 1.165) is 11.1 Å². The predicted molar refractivity (Wildman–Crippen MR) is 124 cm³/mol. The molecule has 0 aliphatic carbocycles. The predicted octanol–water partition coefficient (Wildman–Crippen LogP) is 4.41. The number of anilines is 1. The van der Waals surface area contributed by atoms with Crippen LogP contribution in [0.5, 0.6) is 11.5 Å². The highest BCUT2D eigenvalue weighted by Gasteiger charge is 2.04. The number of benzene rings is 3. The second-order valence-electron chi connectivity index (χ2n) is 6.74. The maximum Gasteiger partial charge on any atom is 0.277 e. The number of hydrazone groups is 1. The number of nitrogens with one attached hydrogen (secondary N) is 2. The van der Waals surface area contributed by atoms with E-state index >= 15 is 0 Å². The third kappa shape index (κ3) is 7.45. The smallest absolute Gasteiger partial charge is 0.277 e. The summed E-state index contributed by atoms with van der Waals surface area (Å²) in [6, 6.07) is 21.5. The number of halogens is 1. The molecule has 0 unspecified atom stereocenters. The summed E-state index contributed by atoms with van der Waals surface area (Å²) >= 11 is 5.90. The summed E-state index contributed by atoms with van der Waals surface area (Å²) in [5, 5.41) is 7.30. The maximum atomic E-state index is 12.0. The zero-order valence-electron chi connectivity index (χ0n) is 17.4. The van der Waals surface area contributed by atoms with Crippen molar-refractivity contribution in [2.45, 2.75) is 13.5 Å². The standard InChI is InChI=1S/C24H22ClN3O4/c1-17(29)27-21-10-12-22(13-11-21)31-16-24(30)28-26-14-19-4-2-3-5-23(19)32-15-18-6-8-20(25)9-7-18/h2-14H,15-16H2,1H3,(H,27,29)(H,28,30)/b26-14-. The Morgan fingerprint density at radius 3 is 2.41 bits per heavy atom. The fourth-order valence-corrected chi connectivity index (χ4v) is 2.78. The Hall–Kier alpha value is -3.84. The van der Waals surface area contributed by atoms with Crippen molar-refractivity contribution in [2.75, 3.05) is 11.9 Å². The van der Waals surface area contributed by atoms with Gasteiger partial charge in [-0.3, -0.25) is 9.59 Å². The van der Waals surface area contributed by atoms with E-state index < -0.39 is 5.91 Å². The lowest BCUT2D eigenvalue weighted by Gasteiger charge is -2.09. The lowest BCUT2D eigenvalue weighted by Crippen LogP contribution is -2.24. The van der Waals surface area contributed by atoms with Gasteiger partial charge in [-0.15, -0.1) is 0 Å². The number of ether oxygens (including phenoxy) is 2. The average Bonchev–Trinajstić information content (AvgIpc) is 2.79. The Bertz CT molecular complexity index is 1080. The molecule has 2 amide bonds. The minimum Gasteiger partial charge on any atom is -0.488 e. The Morgan fingerprint density at radius 1 is 0.969 bits per heavy atom. The molecule has 164 valence electrons. The molecule has 0 aliphatic rings. The Labute approximate surface area is 191 Å². The largest absolute Gasteiger partial charge is 0.488 e. The third-order valence-electron chi connectivity index (χ3n) is 4.16. The van der Waals surface area contributed by atoms with Crippen LogP contribution in [-0.4, -0.2) is 24.6 Å². The number of para-hydroxylation sites is 1. The molecule has 0 aromatic heterocycles. The lowest BCUT2D eigenvalue weighted by atomic mass is 10.2. The van der Waals surface area contributed by atoms with Crippen LogP contribution in [0.3, 0.4) is 0 Å². The molecule has 3 aromatic rings. The first-order valence-corrected chi connectivity index (χ1v) is 10.2. The summed E-state index contributed by atoms with van der Waals surface area (Å²) in [5.41, 5.74) is 4.78. The maximum absolute atomic E-state index is 12.0. The summed E-state index contributed by atoms with van der Waals surface area (Å²) in [6.45, 7) is 1.61. The number of amides is 2. The highest BCUT2D eigenvalue weighted by molar-refractivity contribution is 6.30. The molecule has 0 bridgehead atoms. The zero-order chi connectivity index (χ0) is 22.8.